The highest BCUT2D eigenvalue weighted by Gasteiger charge is 2.54. The molecule has 1 aromatic rings. The van der Waals surface area contributed by atoms with Crippen molar-refractivity contribution in [2.75, 3.05) is 33.5 Å². The first-order valence-corrected chi connectivity index (χ1v) is 16.6. The van der Waals surface area contributed by atoms with E-state index in [1.165, 1.54) is 5.56 Å². The Kier molecular flexibility index (Phi) is 8.39. The lowest BCUT2D eigenvalue weighted by molar-refractivity contribution is -0.155. The van der Waals surface area contributed by atoms with E-state index in [1.54, 1.807) is 4.90 Å². The Morgan fingerprint density at radius 1 is 1.09 bits per heavy atom. The van der Waals surface area contributed by atoms with Gasteiger partial charge >= 0.3 is 12.0 Å². The molecule has 0 radical (unpaired) electrons. The van der Waals surface area contributed by atoms with Crippen LogP contribution in [0.3, 0.4) is 0 Å². The number of amides is 2. The van der Waals surface area contributed by atoms with Crippen molar-refractivity contribution in [3.05, 3.63) is 35.9 Å². The van der Waals surface area contributed by atoms with Gasteiger partial charge in [0.1, 0.15) is 18.9 Å². The number of urea groups is 1. The van der Waals surface area contributed by atoms with Crippen LogP contribution in [0.5, 0.6) is 0 Å². The number of carbonyl (C=O) groups is 2. The van der Waals surface area contributed by atoms with E-state index >= 15 is 0 Å². The summed E-state index contributed by atoms with van der Waals surface area (Å²) < 4.78 is 11.6. The summed E-state index contributed by atoms with van der Waals surface area (Å²) >= 11 is 0. The van der Waals surface area contributed by atoms with E-state index in [0.29, 0.717) is 13.2 Å². The average Bonchev–Trinajstić information content (AvgIpc) is 3.01. The minimum absolute atomic E-state index is 0.0287. The highest BCUT2D eigenvalue weighted by molar-refractivity contribution is 6.76. The number of esters is 1. The van der Waals surface area contributed by atoms with Crippen molar-refractivity contribution in [3.8, 4) is 0 Å². The number of hydrogen-bond donors (Lipinski definition) is 1. The fourth-order valence-corrected chi connectivity index (χ4v) is 6.03. The molecule has 1 saturated carbocycles. The van der Waals surface area contributed by atoms with Crippen LogP contribution in [0.25, 0.3) is 0 Å². The van der Waals surface area contributed by atoms with Gasteiger partial charge in [0.05, 0.1) is 5.54 Å². The van der Waals surface area contributed by atoms with Gasteiger partial charge in [-0.15, -0.1) is 0 Å². The third-order valence-electron chi connectivity index (χ3n) is 7.36. The Morgan fingerprint density at radius 2 is 1.71 bits per heavy atom. The molecule has 0 unspecified atom stereocenters. The van der Waals surface area contributed by atoms with Gasteiger partial charge in [0, 0.05) is 26.8 Å². The van der Waals surface area contributed by atoms with Crippen LogP contribution in [0.15, 0.2) is 30.3 Å². The molecule has 2 fully saturated rings. The standard InChI is InChI=1S/C27H45N3O4Si/c1-25(2,3)34-23(31)19-29-20-26(30(24(29)32)21-33-17-18-35(5,6)7)13-15-27(28-4,16-14-26)22-11-9-8-10-12-22/h8-12,28H,13-21H2,1-7H3/t26-,27-. The Morgan fingerprint density at radius 3 is 2.26 bits per heavy atom. The molecule has 0 bridgehead atoms. The predicted octanol–water partition coefficient (Wildman–Crippen LogP) is 4.81. The number of ether oxygens (including phenoxy) is 2. The van der Waals surface area contributed by atoms with Crippen molar-refractivity contribution in [1.82, 2.24) is 15.1 Å². The molecular weight excluding hydrogens is 458 g/mol. The number of nitrogens with one attached hydrogen (secondary N) is 1. The second-order valence-corrected chi connectivity index (χ2v) is 18.0. The van der Waals surface area contributed by atoms with Gasteiger partial charge in [-0.2, -0.15) is 0 Å². The molecular formula is C27H45N3O4Si. The van der Waals surface area contributed by atoms with Crippen molar-refractivity contribution in [2.24, 2.45) is 0 Å². The molecule has 7 nitrogen and oxygen atoms in total. The summed E-state index contributed by atoms with van der Waals surface area (Å²) in [6.45, 7) is 13.9. The summed E-state index contributed by atoms with van der Waals surface area (Å²) in [7, 11) is 0.798. The molecule has 0 atom stereocenters. The zero-order chi connectivity index (χ0) is 25.9. The van der Waals surface area contributed by atoms with Crippen LogP contribution in [0.2, 0.25) is 25.7 Å². The smallest absolute Gasteiger partial charge is 0.326 e. The first-order valence-electron chi connectivity index (χ1n) is 12.9. The second-order valence-electron chi connectivity index (χ2n) is 12.4. The van der Waals surface area contributed by atoms with Crippen LogP contribution >= 0.6 is 0 Å². The third-order valence-corrected chi connectivity index (χ3v) is 9.06. The molecule has 2 aliphatic rings. The van der Waals surface area contributed by atoms with E-state index in [-0.39, 0.29) is 36.4 Å². The molecule has 3 rings (SSSR count). The van der Waals surface area contributed by atoms with Gasteiger partial charge in [0.25, 0.3) is 0 Å². The fourth-order valence-electron chi connectivity index (χ4n) is 5.27. The van der Waals surface area contributed by atoms with Crippen molar-refractivity contribution in [2.45, 2.75) is 88.8 Å². The molecule has 1 spiro atoms. The molecule has 1 aliphatic heterocycles. The molecule has 196 valence electrons. The zero-order valence-corrected chi connectivity index (χ0v) is 23.8. The van der Waals surface area contributed by atoms with E-state index in [9.17, 15) is 9.59 Å². The van der Waals surface area contributed by atoms with E-state index in [1.807, 2.05) is 38.8 Å². The Balaban J connectivity index is 1.77. The second kappa shape index (κ2) is 10.6. The van der Waals surface area contributed by atoms with Gasteiger partial charge in [0.2, 0.25) is 0 Å². The van der Waals surface area contributed by atoms with Gasteiger partial charge in [-0.25, -0.2) is 4.79 Å². The first-order chi connectivity index (χ1) is 16.3. The van der Waals surface area contributed by atoms with E-state index < -0.39 is 13.7 Å². The zero-order valence-electron chi connectivity index (χ0n) is 22.8. The lowest BCUT2D eigenvalue weighted by atomic mass is 9.69. The van der Waals surface area contributed by atoms with Crippen molar-refractivity contribution < 1.29 is 19.1 Å². The van der Waals surface area contributed by atoms with E-state index in [0.717, 1.165) is 31.7 Å². The van der Waals surface area contributed by atoms with Crippen LogP contribution in [-0.4, -0.2) is 74.5 Å². The summed E-state index contributed by atoms with van der Waals surface area (Å²) in [5.41, 5.74) is 0.251. The summed E-state index contributed by atoms with van der Waals surface area (Å²) in [5.74, 6) is -0.368. The monoisotopic (exact) mass is 503 g/mol. The minimum atomic E-state index is -1.23. The maximum Gasteiger partial charge on any atom is 0.326 e. The van der Waals surface area contributed by atoms with Gasteiger partial charge in [0.15, 0.2) is 0 Å². The number of hydrogen-bond acceptors (Lipinski definition) is 5. The highest BCUT2D eigenvalue weighted by Crippen LogP contribution is 2.46. The molecule has 1 N–H and O–H groups in total. The molecule has 35 heavy (non-hydrogen) atoms. The number of carbonyl (C=O) groups excluding carboxylic acids is 2. The Hall–Kier alpha value is -1.90. The normalized spacial score (nSPS) is 25.4. The quantitative estimate of drug-likeness (QED) is 0.298. The Bertz CT molecular complexity index is 871. The van der Waals surface area contributed by atoms with Crippen molar-refractivity contribution in [3.63, 3.8) is 0 Å². The minimum Gasteiger partial charge on any atom is -0.459 e. The highest BCUT2D eigenvalue weighted by atomic mass is 28.3. The van der Waals surface area contributed by atoms with Crippen molar-refractivity contribution >= 4 is 20.1 Å². The molecule has 1 heterocycles. The predicted molar refractivity (Wildman–Crippen MR) is 142 cm³/mol. The molecule has 2 amide bonds. The third kappa shape index (κ3) is 6.86. The summed E-state index contributed by atoms with van der Waals surface area (Å²) in [6, 6.07) is 11.5. The number of nitrogens with zero attached hydrogens (tertiary/aromatic N) is 2. The van der Waals surface area contributed by atoms with Crippen LogP contribution in [0.1, 0.15) is 52.0 Å². The largest absolute Gasteiger partial charge is 0.459 e. The van der Waals surface area contributed by atoms with Crippen LogP contribution in [0, 0.1) is 0 Å². The molecule has 0 aromatic heterocycles. The van der Waals surface area contributed by atoms with Gasteiger partial charge in [-0.05, 0) is 65.1 Å². The first kappa shape index (κ1) is 27.7. The SMILES string of the molecule is CN[C@]1(c2ccccc2)CC[C@@]2(CC1)CN(CC(=O)OC(C)(C)C)C(=O)N2COCC[Si](C)(C)C. The number of rotatable bonds is 9. The lowest BCUT2D eigenvalue weighted by Gasteiger charge is -2.48. The topological polar surface area (TPSA) is 71.1 Å². The maximum atomic E-state index is 13.5. The summed E-state index contributed by atoms with van der Waals surface area (Å²) in [6.07, 6.45) is 3.51. The Labute approximate surface area is 212 Å². The molecule has 1 aliphatic carbocycles. The fraction of sp³-hybridized carbons (Fsp3) is 0.704. The summed E-state index contributed by atoms with van der Waals surface area (Å²) in [5, 5.41) is 3.59. The van der Waals surface area contributed by atoms with Gasteiger partial charge < -0.3 is 19.7 Å². The lowest BCUT2D eigenvalue weighted by Crippen LogP contribution is -2.55. The number of benzene rings is 1. The molecule has 1 saturated heterocycles. The van der Waals surface area contributed by atoms with Crippen LogP contribution < -0.4 is 5.32 Å². The van der Waals surface area contributed by atoms with Gasteiger partial charge in [-0.3, -0.25) is 9.69 Å². The molecule has 1 aromatic carbocycles. The van der Waals surface area contributed by atoms with E-state index in [2.05, 4.69) is 49.2 Å². The van der Waals surface area contributed by atoms with Crippen LogP contribution in [-0.2, 0) is 19.8 Å². The van der Waals surface area contributed by atoms with Crippen LogP contribution in [0.4, 0.5) is 4.79 Å². The van der Waals surface area contributed by atoms with E-state index in [4.69, 9.17) is 9.47 Å². The average molecular weight is 504 g/mol. The molecule has 8 heteroatoms. The van der Waals surface area contributed by atoms with Gasteiger partial charge in [-0.1, -0.05) is 50.0 Å². The summed E-state index contributed by atoms with van der Waals surface area (Å²) in [4.78, 5) is 29.7. The maximum absolute atomic E-state index is 13.5. The van der Waals surface area contributed by atoms with Crippen molar-refractivity contribution in [1.29, 1.82) is 0 Å².